The smallest absolute Gasteiger partial charge is 0.238 e. The molecular weight excluding hydrogens is 282 g/mol. The summed E-state index contributed by atoms with van der Waals surface area (Å²) in [5.41, 5.74) is 6.94. The van der Waals surface area contributed by atoms with Gasteiger partial charge in [0.2, 0.25) is 10.0 Å². The highest BCUT2D eigenvalue weighted by Gasteiger charge is 2.09. The number of rotatable bonds is 8. The third-order valence-electron chi connectivity index (χ3n) is 2.69. The first-order valence-electron chi connectivity index (χ1n) is 6.10. The van der Waals surface area contributed by atoms with E-state index >= 15 is 0 Å². The monoisotopic (exact) mass is 303 g/mol. The molecule has 0 saturated heterocycles. The highest BCUT2D eigenvalue weighted by Crippen LogP contribution is 2.21. The Morgan fingerprint density at radius 2 is 2.00 bits per heavy atom. The van der Waals surface area contributed by atoms with Crippen molar-refractivity contribution in [3.05, 3.63) is 18.2 Å². The number of anilines is 2. The quantitative estimate of drug-likeness (QED) is 0.503. The first kappa shape index (κ1) is 16.1. The van der Waals surface area contributed by atoms with Crippen molar-refractivity contribution in [2.24, 2.45) is 5.14 Å². The van der Waals surface area contributed by atoms with Gasteiger partial charge in [0.1, 0.15) is 0 Å². The van der Waals surface area contributed by atoms with Gasteiger partial charge < -0.3 is 11.1 Å². The number of nitrogens with two attached hydrogens (primary N) is 2. The van der Waals surface area contributed by atoms with E-state index in [-0.39, 0.29) is 4.90 Å². The lowest BCUT2D eigenvalue weighted by molar-refractivity contribution is 0.598. The molecule has 5 N–H and O–H groups in total. The van der Waals surface area contributed by atoms with E-state index in [1.54, 1.807) is 6.07 Å². The zero-order valence-electron chi connectivity index (χ0n) is 11.1. The van der Waals surface area contributed by atoms with Crippen LogP contribution in [0, 0.1) is 0 Å². The van der Waals surface area contributed by atoms with Crippen LogP contribution in [0.25, 0.3) is 0 Å². The number of nitrogen functional groups attached to an aromatic ring is 1. The molecule has 5 nitrogen and oxygen atoms in total. The summed E-state index contributed by atoms with van der Waals surface area (Å²) in [4.78, 5) is 0.0375. The summed E-state index contributed by atoms with van der Waals surface area (Å²) in [7, 11) is -3.69. The van der Waals surface area contributed by atoms with E-state index in [2.05, 4.69) is 11.6 Å². The first-order valence-corrected chi connectivity index (χ1v) is 9.04. The number of nitrogens with one attached hydrogen (secondary N) is 1. The van der Waals surface area contributed by atoms with Gasteiger partial charge in [0.05, 0.1) is 16.3 Å². The second-order valence-electron chi connectivity index (χ2n) is 4.27. The first-order chi connectivity index (χ1) is 8.95. The predicted molar refractivity (Wildman–Crippen MR) is 83.0 cm³/mol. The van der Waals surface area contributed by atoms with E-state index in [1.165, 1.54) is 30.7 Å². The molecular formula is C12H21N3O2S2. The number of hydrogen-bond donors (Lipinski definition) is 3. The number of hydrogen-bond acceptors (Lipinski definition) is 5. The molecule has 0 aliphatic carbocycles. The highest BCUT2D eigenvalue weighted by molar-refractivity contribution is 7.98. The third kappa shape index (κ3) is 5.71. The molecule has 0 aliphatic rings. The van der Waals surface area contributed by atoms with Gasteiger partial charge in [0, 0.05) is 6.54 Å². The minimum atomic E-state index is -3.69. The maximum atomic E-state index is 11.2. The Balaban J connectivity index is 2.47. The van der Waals surface area contributed by atoms with Crippen molar-refractivity contribution in [3.8, 4) is 0 Å². The van der Waals surface area contributed by atoms with Gasteiger partial charge in [0.15, 0.2) is 0 Å². The molecule has 108 valence electrons. The molecule has 0 saturated carbocycles. The summed E-state index contributed by atoms with van der Waals surface area (Å²) in [6.45, 7) is 0.827. The van der Waals surface area contributed by atoms with Crippen LogP contribution in [0.1, 0.15) is 19.3 Å². The van der Waals surface area contributed by atoms with E-state index in [0.29, 0.717) is 5.69 Å². The largest absolute Gasteiger partial charge is 0.397 e. The van der Waals surface area contributed by atoms with Crippen molar-refractivity contribution in [2.45, 2.75) is 24.2 Å². The number of thioether (sulfide) groups is 1. The number of sulfonamides is 1. The molecule has 7 heteroatoms. The van der Waals surface area contributed by atoms with Crippen LogP contribution in [-0.2, 0) is 10.0 Å². The predicted octanol–water partition coefficient (Wildman–Crippen LogP) is 1.86. The maximum Gasteiger partial charge on any atom is 0.238 e. The van der Waals surface area contributed by atoms with Crippen LogP contribution in [0.3, 0.4) is 0 Å². The molecule has 0 radical (unpaired) electrons. The van der Waals surface area contributed by atoms with E-state index in [0.717, 1.165) is 18.7 Å². The van der Waals surface area contributed by atoms with Gasteiger partial charge in [-0.25, -0.2) is 13.6 Å². The molecule has 0 aromatic heterocycles. The Kier molecular flexibility index (Phi) is 6.47. The van der Waals surface area contributed by atoms with Gasteiger partial charge >= 0.3 is 0 Å². The van der Waals surface area contributed by atoms with Crippen LogP contribution >= 0.6 is 11.8 Å². The van der Waals surface area contributed by atoms with Crippen molar-refractivity contribution in [1.82, 2.24) is 0 Å². The summed E-state index contributed by atoms with van der Waals surface area (Å²) in [5.74, 6) is 1.19. The topological polar surface area (TPSA) is 98.2 Å². The lowest BCUT2D eigenvalue weighted by Gasteiger charge is -2.10. The molecule has 1 rings (SSSR count). The second-order valence-corrected chi connectivity index (χ2v) is 6.82. The van der Waals surface area contributed by atoms with Crippen LogP contribution in [0.4, 0.5) is 11.4 Å². The average Bonchev–Trinajstić information content (AvgIpc) is 2.34. The molecule has 19 heavy (non-hydrogen) atoms. The van der Waals surface area contributed by atoms with Crippen LogP contribution in [0.15, 0.2) is 23.1 Å². The summed E-state index contributed by atoms with van der Waals surface area (Å²) in [6.07, 6.45) is 5.55. The Morgan fingerprint density at radius 1 is 1.26 bits per heavy atom. The van der Waals surface area contributed by atoms with Crippen LogP contribution < -0.4 is 16.2 Å². The Bertz CT molecular complexity index is 504. The minimum absolute atomic E-state index is 0.0375. The molecule has 0 unspecified atom stereocenters. The van der Waals surface area contributed by atoms with Crippen molar-refractivity contribution >= 4 is 33.2 Å². The van der Waals surface area contributed by atoms with Gasteiger partial charge in [-0.15, -0.1) is 0 Å². The van der Waals surface area contributed by atoms with Gasteiger partial charge in [-0.05, 0) is 43.0 Å². The molecule has 0 amide bonds. The second kappa shape index (κ2) is 7.62. The zero-order chi connectivity index (χ0) is 14.3. The van der Waals surface area contributed by atoms with Gasteiger partial charge in [-0.1, -0.05) is 6.42 Å². The van der Waals surface area contributed by atoms with E-state index in [9.17, 15) is 8.42 Å². The molecule has 0 atom stereocenters. The molecule has 1 aromatic rings. The van der Waals surface area contributed by atoms with E-state index < -0.39 is 10.0 Å². The van der Waals surface area contributed by atoms with Gasteiger partial charge in [0.25, 0.3) is 0 Å². The number of primary sulfonamides is 1. The SMILES string of the molecule is CSCCCCCNc1ccc(S(N)(=O)=O)cc1N. The molecule has 0 fully saturated rings. The van der Waals surface area contributed by atoms with Crippen molar-refractivity contribution in [2.75, 3.05) is 29.6 Å². The lowest BCUT2D eigenvalue weighted by Crippen LogP contribution is -2.13. The van der Waals surface area contributed by atoms with Gasteiger partial charge in [-0.3, -0.25) is 0 Å². The Hall–Kier alpha value is -0.920. The fourth-order valence-corrected chi connectivity index (χ4v) is 2.69. The van der Waals surface area contributed by atoms with E-state index in [1.807, 2.05) is 11.8 Å². The normalized spacial score (nSPS) is 11.5. The van der Waals surface area contributed by atoms with Crippen molar-refractivity contribution < 1.29 is 8.42 Å². The van der Waals surface area contributed by atoms with Crippen LogP contribution in [0.2, 0.25) is 0 Å². The standard InChI is InChI=1S/C12H21N3O2S2/c1-18-8-4-2-3-7-15-12-6-5-10(9-11(12)13)19(14,16)17/h5-6,9,15H,2-4,7-8,13H2,1H3,(H2,14,16,17). The molecule has 0 aliphatic heterocycles. The molecule has 0 heterocycles. The summed E-state index contributed by atoms with van der Waals surface area (Å²) in [5, 5.41) is 8.24. The maximum absolute atomic E-state index is 11.2. The molecule has 1 aromatic carbocycles. The summed E-state index contributed by atoms with van der Waals surface area (Å²) >= 11 is 1.85. The van der Waals surface area contributed by atoms with E-state index in [4.69, 9.17) is 10.9 Å². The zero-order valence-corrected chi connectivity index (χ0v) is 12.7. The fraction of sp³-hybridized carbons (Fsp3) is 0.500. The summed E-state index contributed by atoms with van der Waals surface area (Å²) in [6, 6.07) is 4.49. The lowest BCUT2D eigenvalue weighted by atomic mass is 10.2. The van der Waals surface area contributed by atoms with Crippen molar-refractivity contribution in [1.29, 1.82) is 0 Å². The molecule has 0 bridgehead atoms. The van der Waals surface area contributed by atoms with Crippen LogP contribution in [0.5, 0.6) is 0 Å². The number of benzene rings is 1. The fourth-order valence-electron chi connectivity index (χ4n) is 1.65. The van der Waals surface area contributed by atoms with Crippen molar-refractivity contribution in [3.63, 3.8) is 0 Å². The van der Waals surface area contributed by atoms with Crippen LogP contribution in [-0.4, -0.2) is 27.0 Å². The highest BCUT2D eigenvalue weighted by atomic mass is 32.2. The molecule has 0 spiro atoms. The number of unbranched alkanes of at least 4 members (excludes halogenated alkanes) is 2. The van der Waals surface area contributed by atoms with Gasteiger partial charge in [-0.2, -0.15) is 11.8 Å². The minimum Gasteiger partial charge on any atom is -0.397 e. The summed E-state index contributed by atoms with van der Waals surface area (Å²) < 4.78 is 22.3. The average molecular weight is 303 g/mol. The Morgan fingerprint density at radius 3 is 2.58 bits per heavy atom. The Labute approximate surface area is 119 Å². The third-order valence-corrected chi connectivity index (χ3v) is 4.30.